The van der Waals surface area contributed by atoms with Gasteiger partial charge in [-0.2, -0.15) is 0 Å². The van der Waals surface area contributed by atoms with E-state index in [0.29, 0.717) is 11.4 Å². The molecule has 0 fully saturated rings. The molecule has 0 heterocycles. The van der Waals surface area contributed by atoms with Gasteiger partial charge in [0.15, 0.2) is 0 Å². The second-order valence-corrected chi connectivity index (χ2v) is 3.04. The normalized spacial score (nSPS) is 12.2. The minimum atomic E-state index is 0.541. The van der Waals surface area contributed by atoms with E-state index in [1.807, 2.05) is 6.07 Å². The highest BCUT2D eigenvalue weighted by atomic mass is 31.0. The van der Waals surface area contributed by atoms with Crippen LogP contribution in [0.5, 0.6) is 0 Å². The third-order valence-corrected chi connectivity index (χ3v) is 1.96. The Morgan fingerprint density at radius 3 is 2.50 bits per heavy atom. The lowest BCUT2D eigenvalue weighted by Gasteiger charge is -2.04. The second-order valence-electron chi connectivity index (χ2n) is 2.74. The highest BCUT2D eigenvalue weighted by molar-refractivity contribution is 7.15. The van der Waals surface area contributed by atoms with E-state index < -0.39 is 0 Å². The molecule has 0 aromatic heterocycles. The largest absolute Gasteiger partial charge is 0.404 e. The van der Waals surface area contributed by atoms with Gasteiger partial charge in [0.2, 0.25) is 0 Å². The number of nitrogens with zero attached hydrogens (tertiary/aromatic N) is 1. The Balaban J connectivity index is 3.13. The van der Waals surface area contributed by atoms with E-state index >= 15 is 0 Å². The highest BCUT2D eigenvalue weighted by Crippen LogP contribution is 2.20. The molecule has 0 bridgehead atoms. The molecule has 1 unspecified atom stereocenters. The van der Waals surface area contributed by atoms with Gasteiger partial charge in [0, 0.05) is 18.0 Å². The van der Waals surface area contributed by atoms with Gasteiger partial charge in [-0.1, -0.05) is 6.07 Å². The zero-order chi connectivity index (χ0) is 10.6. The maximum atomic E-state index is 5.67. The lowest BCUT2D eigenvalue weighted by atomic mass is 10.1. The number of nitrogen functional groups attached to an aromatic ring is 2. The minimum Gasteiger partial charge on any atom is -0.404 e. The molecule has 74 valence electrons. The first kappa shape index (κ1) is 10.5. The van der Waals surface area contributed by atoms with Crippen LogP contribution in [0.15, 0.2) is 29.2 Å². The highest BCUT2D eigenvalue weighted by Gasteiger charge is 2.00. The van der Waals surface area contributed by atoms with Crippen LogP contribution < -0.4 is 17.2 Å². The summed E-state index contributed by atoms with van der Waals surface area (Å²) in [6.45, 7) is 0. The molecule has 0 saturated carbocycles. The molecule has 0 aliphatic rings. The first-order chi connectivity index (χ1) is 6.69. The Hall–Kier alpha value is -1.54. The van der Waals surface area contributed by atoms with Gasteiger partial charge >= 0.3 is 0 Å². The van der Waals surface area contributed by atoms with Crippen molar-refractivity contribution in [3.8, 4) is 0 Å². The molecule has 1 aromatic carbocycles. The zero-order valence-corrected chi connectivity index (χ0v) is 8.80. The molecular weight excluding hydrogens is 195 g/mol. The summed E-state index contributed by atoms with van der Waals surface area (Å²) >= 11 is 0. The maximum Gasteiger partial charge on any atom is 0.0554 e. The SMILES string of the molecule is N/C=C(\C=NP)c1ccc(N)c(N)c1. The molecule has 1 aromatic rings. The molecule has 1 atom stereocenters. The van der Waals surface area contributed by atoms with Crippen molar-refractivity contribution in [2.24, 2.45) is 10.5 Å². The molecule has 0 amide bonds. The van der Waals surface area contributed by atoms with Gasteiger partial charge in [0.25, 0.3) is 0 Å². The third kappa shape index (κ3) is 2.24. The molecule has 1 rings (SSSR count). The van der Waals surface area contributed by atoms with E-state index in [-0.39, 0.29) is 0 Å². The number of anilines is 2. The Labute approximate surface area is 85.1 Å². The van der Waals surface area contributed by atoms with Crippen molar-refractivity contribution >= 4 is 32.6 Å². The molecule has 14 heavy (non-hydrogen) atoms. The fraction of sp³-hybridized carbons (Fsp3) is 0. The van der Waals surface area contributed by atoms with E-state index in [1.165, 1.54) is 6.20 Å². The summed E-state index contributed by atoms with van der Waals surface area (Å²) in [6, 6.07) is 5.35. The fourth-order valence-electron chi connectivity index (χ4n) is 1.05. The third-order valence-electron chi connectivity index (χ3n) is 1.81. The lowest BCUT2D eigenvalue weighted by Crippen LogP contribution is -1.97. The second kappa shape index (κ2) is 4.63. The van der Waals surface area contributed by atoms with E-state index in [9.17, 15) is 0 Å². The van der Waals surface area contributed by atoms with Gasteiger partial charge < -0.3 is 17.2 Å². The minimum absolute atomic E-state index is 0.541. The number of nitrogens with two attached hydrogens (primary N) is 3. The number of hydrogen-bond donors (Lipinski definition) is 3. The summed E-state index contributed by atoms with van der Waals surface area (Å²) < 4.78 is 3.81. The van der Waals surface area contributed by atoms with Crippen molar-refractivity contribution in [1.29, 1.82) is 0 Å². The van der Waals surface area contributed by atoms with Gasteiger partial charge in [-0.3, -0.25) is 4.76 Å². The van der Waals surface area contributed by atoms with Gasteiger partial charge in [0.05, 0.1) is 11.4 Å². The van der Waals surface area contributed by atoms with Gasteiger partial charge in [-0.15, -0.1) is 0 Å². The van der Waals surface area contributed by atoms with Crippen LogP contribution in [0.1, 0.15) is 5.56 Å². The summed E-state index contributed by atoms with van der Waals surface area (Å²) in [4.78, 5) is 0. The Kier molecular flexibility index (Phi) is 3.48. The van der Waals surface area contributed by atoms with Crippen LogP contribution in [0.3, 0.4) is 0 Å². The quantitative estimate of drug-likeness (QED) is 0.385. The number of rotatable bonds is 2. The van der Waals surface area contributed by atoms with Crippen molar-refractivity contribution in [2.75, 3.05) is 11.5 Å². The first-order valence-electron chi connectivity index (χ1n) is 3.99. The van der Waals surface area contributed by atoms with Crippen LogP contribution in [-0.2, 0) is 0 Å². The van der Waals surface area contributed by atoms with Crippen LogP contribution in [-0.4, -0.2) is 6.21 Å². The summed E-state index contributed by atoms with van der Waals surface area (Å²) in [7, 11) is 2.24. The predicted octanol–water partition coefficient (Wildman–Crippen LogP) is 1.01. The maximum absolute atomic E-state index is 5.67. The van der Waals surface area contributed by atoms with Crippen LogP contribution >= 0.6 is 9.39 Å². The van der Waals surface area contributed by atoms with Crippen LogP contribution in [0, 0.1) is 0 Å². The van der Waals surface area contributed by atoms with Gasteiger partial charge in [-0.25, -0.2) is 0 Å². The number of hydrogen-bond acceptors (Lipinski definition) is 4. The lowest BCUT2D eigenvalue weighted by molar-refractivity contribution is 1.57. The average molecular weight is 208 g/mol. The summed E-state index contributed by atoms with van der Waals surface area (Å²) in [6.07, 6.45) is 3.11. The molecule has 0 spiro atoms. The van der Waals surface area contributed by atoms with Crippen LogP contribution in [0.4, 0.5) is 11.4 Å². The van der Waals surface area contributed by atoms with Gasteiger partial charge in [-0.05, 0) is 27.1 Å². The van der Waals surface area contributed by atoms with Crippen molar-refractivity contribution in [1.82, 2.24) is 0 Å². The number of allylic oxidation sites excluding steroid dienone is 1. The molecule has 0 aliphatic heterocycles. The monoisotopic (exact) mass is 208 g/mol. The summed E-state index contributed by atoms with van der Waals surface area (Å²) in [5.41, 5.74) is 19.5. The van der Waals surface area contributed by atoms with E-state index in [1.54, 1.807) is 18.3 Å². The van der Waals surface area contributed by atoms with Crippen molar-refractivity contribution in [3.63, 3.8) is 0 Å². The Morgan fingerprint density at radius 2 is 2.00 bits per heavy atom. The molecule has 6 N–H and O–H groups in total. The standard InChI is InChI=1S/C9H13N4P/c10-4-7(5-13-14)6-1-2-8(11)9(12)3-6/h1-5H,10-12,14H2/b7-4+,13-5?. The van der Waals surface area contributed by atoms with E-state index in [0.717, 1.165) is 11.1 Å². The first-order valence-corrected chi connectivity index (χ1v) is 4.51. The van der Waals surface area contributed by atoms with Crippen molar-refractivity contribution in [3.05, 3.63) is 30.0 Å². The van der Waals surface area contributed by atoms with Gasteiger partial charge in [0.1, 0.15) is 0 Å². The molecule has 0 radical (unpaired) electrons. The summed E-state index contributed by atoms with van der Waals surface area (Å²) in [5.74, 6) is 0. The molecule has 0 aliphatic carbocycles. The average Bonchev–Trinajstić information content (AvgIpc) is 2.19. The fourth-order valence-corrected chi connectivity index (χ4v) is 1.21. The molecule has 5 heteroatoms. The molecular formula is C9H13N4P. The smallest absolute Gasteiger partial charge is 0.0554 e. The Bertz CT molecular complexity index is 384. The van der Waals surface area contributed by atoms with Crippen molar-refractivity contribution in [2.45, 2.75) is 0 Å². The summed E-state index contributed by atoms with van der Waals surface area (Å²) in [5, 5.41) is 0. The van der Waals surface area contributed by atoms with E-state index in [4.69, 9.17) is 17.2 Å². The van der Waals surface area contributed by atoms with Crippen LogP contribution in [0.2, 0.25) is 0 Å². The number of benzene rings is 1. The topological polar surface area (TPSA) is 90.4 Å². The van der Waals surface area contributed by atoms with Crippen molar-refractivity contribution < 1.29 is 0 Å². The molecule has 4 nitrogen and oxygen atoms in total. The Morgan fingerprint density at radius 1 is 1.29 bits per heavy atom. The predicted molar refractivity (Wildman–Crippen MR) is 65.6 cm³/mol. The molecule has 0 saturated heterocycles. The van der Waals surface area contributed by atoms with E-state index in [2.05, 4.69) is 14.2 Å². The van der Waals surface area contributed by atoms with Crippen LogP contribution in [0.25, 0.3) is 5.57 Å². The zero-order valence-electron chi connectivity index (χ0n) is 7.64.